The molecule has 6 nitrogen and oxygen atoms in total. The molecule has 122 valence electrons. The van der Waals surface area contributed by atoms with Crippen molar-refractivity contribution < 1.29 is 14.3 Å². The third-order valence-corrected chi connectivity index (χ3v) is 4.24. The van der Waals surface area contributed by atoms with Crippen molar-refractivity contribution in [2.45, 2.75) is 6.42 Å². The Kier molecular flexibility index (Phi) is 4.72. The summed E-state index contributed by atoms with van der Waals surface area (Å²) in [6.45, 7) is 0. The molecule has 0 saturated carbocycles. The molecule has 2 heterocycles. The van der Waals surface area contributed by atoms with Gasteiger partial charge in [-0.2, -0.15) is 0 Å². The van der Waals surface area contributed by atoms with Crippen LogP contribution in [0.25, 0.3) is 5.69 Å². The van der Waals surface area contributed by atoms with Crippen molar-refractivity contribution in [1.82, 2.24) is 9.55 Å². The zero-order valence-electron chi connectivity index (χ0n) is 12.9. The van der Waals surface area contributed by atoms with Crippen LogP contribution in [0.15, 0.2) is 55.0 Å². The molecule has 3 aromatic rings. The zero-order valence-corrected chi connectivity index (χ0v) is 13.7. The number of hydrogen-bond acceptors (Lipinski definition) is 5. The number of aromatic nitrogens is 2. The normalized spacial score (nSPS) is 10.4. The van der Waals surface area contributed by atoms with Crippen molar-refractivity contribution >= 4 is 28.3 Å². The van der Waals surface area contributed by atoms with Gasteiger partial charge in [-0.1, -0.05) is 23.5 Å². The molecule has 2 aromatic heterocycles. The van der Waals surface area contributed by atoms with Crippen LogP contribution in [0.5, 0.6) is 0 Å². The first-order valence-electron chi connectivity index (χ1n) is 7.22. The molecular weight excluding hydrogens is 326 g/mol. The van der Waals surface area contributed by atoms with Crippen molar-refractivity contribution in [3.05, 3.63) is 65.4 Å². The lowest BCUT2D eigenvalue weighted by Gasteiger charge is -2.05. The Morgan fingerprint density at radius 3 is 2.58 bits per heavy atom. The summed E-state index contributed by atoms with van der Waals surface area (Å²) >= 11 is 1.08. The Morgan fingerprint density at radius 2 is 1.92 bits per heavy atom. The number of rotatable bonds is 5. The van der Waals surface area contributed by atoms with Crippen LogP contribution in [0.1, 0.15) is 15.2 Å². The number of hydrogen-bond donors (Lipinski definition) is 1. The van der Waals surface area contributed by atoms with Gasteiger partial charge in [-0.05, 0) is 29.8 Å². The van der Waals surface area contributed by atoms with Gasteiger partial charge in [0, 0.05) is 18.1 Å². The molecule has 0 aliphatic heterocycles. The van der Waals surface area contributed by atoms with Crippen LogP contribution >= 0.6 is 11.3 Å². The smallest absolute Gasteiger partial charge is 0.349 e. The summed E-state index contributed by atoms with van der Waals surface area (Å²) < 4.78 is 6.60. The number of nitrogens with one attached hydrogen (secondary N) is 1. The summed E-state index contributed by atoms with van der Waals surface area (Å²) in [6.07, 6.45) is 5.54. The largest absolute Gasteiger partial charge is 0.465 e. The predicted octanol–water partition coefficient (Wildman–Crippen LogP) is 2.90. The van der Waals surface area contributed by atoms with Crippen molar-refractivity contribution in [2.24, 2.45) is 0 Å². The highest BCUT2D eigenvalue weighted by Crippen LogP contribution is 2.19. The van der Waals surface area contributed by atoms with E-state index in [4.69, 9.17) is 0 Å². The quantitative estimate of drug-likeness (QED) is 0.724. The maximum Gasteiger partial charge on any atom is 0.349 e. The number of carbonyl (C=O) groups is 2. The lowest BCUT2D eigenvalue weighted by molar-refractivity contribution is -0.115. The van der Waals surface area contributed by atoms with Gasteiger partial charge in [-0.3, -0.25) is 4.79 Å². The molecule has 1 aromatic carbocycles. The summed E-state index contributed by atoms with van der Waals surface area (Å²) in [5, 5.41) is 3.07. The molecule has 7 heteroatoms. The summed E-state index contributed by atoms with van der Waals surface area (Å²) in [7, 11) is 1.30. The second-order valence-corrected chi connectivity index (χ2v) is 6.03. The van der Waals surface area contributed by atoms with E-state index in [0.29, 0.717) is 10.0 Å². The van der Waals surface area contributed by atoms with Gasteiger partial charge in [-0.25, -0.2) is 9.78 Å². The average Bonchev–Trinajstić information content (AvgIpc) is 3.26. The number of esters is 1. The van der Waals surface area contributed by atoms with E-state index in [2.05, 4.69) is 15.0 Å². The molecule has 24 heavy (non-hydrogen) atoms. The monoisotopic (exact) mass is 341 g/mol. The third-order valence-electron chi connectivity index (χ3n) is 3.34. The standard InChI is InChI=1S/C17H15N3O3S/c1-23-16(22)14-11-18-17(24-14)19-15(21)10-12-4-6-13(7-5-12)20-8-2-3-9-20/h2-9,11H,10H2,1H3,(H,18,19,21). The van der Waals surface area contributed by atoms with E-state index in [-0.39, 0.29) is 12.3 Å². The molecule has 0 atom stereocenters. The molecule has 0 aliphatic rings. The average molecular weight is 341 g/mol. The number of ether oxygens (including phenoxy) is 1. The molecular formula is C17H15N3O3S. The first-order chi connectivity index (χ1) is 11.7. The molecule has 0 radical (unpaired) electrons. The van der Waals surface area contributed by atoms with E-state index in [1.165, 1.54) is 13.3 Å². The van der Waals surface area contributed by atoms with Crippen LogP contribution in [0, 0.1) is 0 Å². The number of methoxy groups -OCH3 is 1. The van der Waals surface area contributed by atoms with Crippen LogP contribution in [0.2, 0.25) is 0 Å². The third kappa shape index (κ3) is 3.69. The molecule has 1 amide bonds. The van der Waals surface area contributed by atoms with Crippen LogP contribution in [-0.2, 0) is 16.0 Å². The predicted molar refractivity (Wildman–Crippen MR) is 91.6 cm³/mol. The lowest BCUT2D eigenvalue weighted by atomic mass is 10.1. The number of nitrogens with zero attached hydrogens (tertiary/aromatic N) is 2. The van der Waals surface area contributed by atoms with Crippen LogP contribution < -0.4 is 5.32 Å². The van der Waals surface area contributed by atoms with Gasteiger partial charge in [0.2, 0.25) is 5.91 Å². The van der Waals surface area contributed by atoms with Gasteiger partial charge in [0.1, 0.15) is 4.88 Å². The lowest BCUT2D eigenvalue weighted by Crippen LogP contribution is -2.14. The highest BCUT2D eigenvalue weighted by atomic mass is 32.1. The Bertz CT molecular complexity index is 838. The molecule has 1 N–H and O–H groups in total. The van der Waals surface area contributed by atoms with E-state index in [9.17, 15) is 9.59 Å². The number of amides is 1. The maximum absolute atomic E-state index is 12.1. The first-order valence-corrected chi connectivity index (χ1v) is 8.03. The van der Waals surface area contributed by atoms with Crippen molar-refractivity contribution in [3.63, 3.8) is 0 Å². The van der Waals surface area contributed by atoms with Crippen LogP contribution in [0.3, 0.4) is 0 Å². The van der Waals surface area contributed by atoms with Gasteiger partial charge in [0.25, 0.3) is 0 Å². The van der Waals surface area contributed by atoms with Crippen molar-refractivity contribution in [1.29, 1.82) is 0 Å². The number of benzene rings is 1. The highest BCUT2D eigenvalue weighted by molar-refractivity contribution is 7.17. The number of anilines is 1. The van der Waals surface area contributed by atoms with Gasteiger partial charge in [0.05, 0.1) is 19.7 Å². The Hall–Kier alpha value is -2.93. The molecule has 3 rings (SSSR count). The van der Waals surface area contributed by atoms with Gasteiger partial charge in [0.15, 0.2) is 5.13 Å². The van der Waals surface area contributed by atoms with Crippen molar-refractivity contribution in [2.75, 3.05) is 12.4 Å². The van der Waals surface area contributed by atoms with Gasteiger partial charge in [-0.15, -0.1) is 0 Å². The fourth-order valence-corrected chi connectivity index (χ4v) is 2.92. The summed E-state index contributed by atoms with van der Waals surface area (Å²) in [6, 6.07) is 11.7. The summed E-state index contributed by atoms with van der Waals surface area (Å²) in [4.78, 5) is 27.8. The maximum atomic E-state index is 12.1. The van der Waals surface area contributed by atoms with Gasteiger partial charge < -0.3 is 14.6 Å². The summed E-state index contributed by atoms with van der Waals surface area (Å²) in [5.41, 5.74) is 1.93. The minimum atomic E-state index is -0.464. The molecule has 0 bridgehead atoms. The van der Waals surface area contributed by atoms with Crippen LogP contribution in [-0.4, -0.2) is 28.5 Å². The van der Waals surface area contributed by atoms with E-state index in [1.54, 1.807) is 0 Å². The first kappa shape index (κ1) is 15.9. The second kappa shape index (κ2) is 7.10. The summed E-state index contributed by atoms with van der Waals surface area (Å²) in [5.74, 6) is -0.650. The SMILES string of the molecule is COC(=O)c1cnc(NC(=O)Cc2ccc(-n3cccc3)cc2)s1. The molecule has 0 saturated heterocycles. The number of carbonyl (C=O) groups excluding carboxylic acids is 2. The fraction of sp³-hybridized carbons (Fsp3) is 0.118. The Morgan fingerprint density at radius 1 is 1.21 bits per heavy atom. The minimum absolute atomic E-state index is 0.186. The highest BCUT2D eigenvalue weighted by Gasteiger charge is 2.12. The second-order valence-electron chi connectivity index (χ2n) is 5.00. The number of thiazole rings is 1. The molecule has 0 spiro atoms. The fourth-order valence-electron chi connectivity index (χ4n) is 2.17. The topological polar surface area (TPSA) is 73.2 Å². The van der Waals surface area contributed by atoms with Crippen molar-refractivity contribution in [3.8, 4) is 5.69 Å². The molecule has 0 unspecified atom stereocenters. The minimum Gasteiger partial charge on any atom is -0.465 e. The van der Waals surface area contributed by atoms with Gasteiger partial charge >= 0.3 is 5.97 Å². The van der Waals surface area contributed by atoms with E-state index >= 15 is 0 Å². The van der Waals surface area contributed by atoms with E-state index in [0.717, 1.165) is 22.6 Å². The zero-order chi connectivity index (χ0) is 16.9. The van der Waals surface area contributed by atoms with Crippen LogP contribution in [0.4, 0.5) is 5.13 Å². The molecule has 0 fully saturated rings. The Balaban J connectivity index is 1.60. The molecule has 0 aliphatic carbocycles. The van der Waals surface area contributed by atoms with E-state index in [1.807, 2.05) is 53.4 Å². The van der Waals surface area contributed by atoms with E-state index < -0.39 is 5.97 Å². The Labute approximate surface area is 142 Å².